The number of rotatable bonds is 4. The Bertz CT molecular complexity index is 811. The van der Waals surface area contributed by atoms with Gasteiger partial charge in [-0.25, -0.2) is 0 Å². The lowest BCUT2D eigenvalue weighted by molar-refractivity contribution is -0.143. The topological polar surface area (TPSA) is 60.9 Å². The summed E-state index contributed by atoms with van der Waals surface area (Å²) in [6.07, 6.45) is 2.32. The molecule has 144 valence electrons. The van der Waals surface area contributed by atoms with Gasteiger partial charge < -0.3 is 10.0 Å². The summed E-state index contributed by atoms with van der Waals surface area (Å²) in [7, 11) is 0. The normalized spacial score (nSPS) is 22.1. The first-order valence-corrected chi connectivity index (χ1v) is 9.90. The molecule has 0 spiro atoms. The van der Waals surface area contributed by atoms with Crippen molar-refractivity contribution < 1.29 is 14.7 Å². The van der Waals surface area contributed by atoms with Gasteiger partial charge in [0.2, 0.25) is 5.91 Å². The Kier molecular flexibility index (Phi) is 6.19. The molecule has 0 saturated carbocycles. The Hall–Kier alpha value is -1.89. The Morgan fingerprint density at radius 3 is 2.67 bits per heavy atom. The minimum Gasteiger partial charge on any atom is -0.480 e. The lowest BCUT2D eigenvalue weighted by Gasteiger charge is -2.37. The van der Waals surface area contributed by atoms with Crippen LogP contribution >= 0.6 is 23.7 Å². The summed E-state index contributed by atoms with van der Waals surface area (Å²) in [5.74, 6) is -0.808. The standard InChI is InChI=1S/C20H22N2O3S.ClH/c23-18(13-21-10-4-7-16(21)20(24)25)22-11-8-17-15(9-12-26-17)19(22)14-5-2-1-3-6-14;/h1-3,5-6,9,12,16,19H,4,7-8,10-11,13H2,(H,24,25);1H/t16-,19?;/m1./s1. The van der Waals surface area contributed by atoms with Gasteiger partial charge in [0.05, 0.1) is 12.6 Å². The van der Waals surface area contributed by atoms with Crippen LogP contribution in [0, 0.1) is 0 Å². The number of hydrogen-bond acceptors (Lipinski definition) is 4. The number of fused-ring (bicyclic) bond motifs is 1. The first-order valence-electron chi connectivity index (χ1n) is 9.02. The van der Waals surface area contributed by atoms with Gasteiger partial charge in [0.15, 0.2) is 0 Å². The number of halogens is 1. The summed E-state index contributed by atoms with van der Waals surface area (Å²) in [6.45, 7) is 1.54. The predicted molar refractivity (Wildman–Crippen MR) is 107 cm³/mol. The van der Waals surface area contributed by atoms with Gasteiger partial charge >= 0.3 is 5.97 Å². The van der Waals surface area contributed by atoms with E-state index in [-0.39, 0.29) is 30.9 Å². The molecule has 4 rings (SSSR count). The van der Waals surface area contributed by atoms with Crippen molar-refractivity contribution in [1.29, 1.82) is 0 Å². The van der Waals surface area contributed by atoms with E-state index in [0.717, 1.165) is 18.4 Å². The van der Waals surface area contributed by atoms with E-state index in [2.05, 4.69) is 23.6 Å². The number of likely N-dealkylation sites (tertiary alicyclic amines) is 1. The fourth-order valence-electron chi connectivity index (χ4n) is 4.14. The van der Waals surface area contributed by atoms with Gasteiger partial charge in [-0.15, -0.1) is 23.7 Å². The second kappa shape index (κ2) is 8.42. The lowest BCUT2D eigenvalue weighted by Crippen LogP contribution is -2.47. The van der Waals surface area contributed by atoms with Crippen LogP contribution < -0.4 is 0 Å². The molecule has 0 aliphatic carbocycles. The highest BCUT2D eigenvalue weighted by atomic mass is 35.5. The number of carbonyl (C=O) groups is 2. The average Bonchev–Trinajstić information content (AvgIpc) is 3.30. The predicted octanol–water partition coefficient (Wildman–Crippen LogP) is 3.19. The smallest absolute Gasteiger partial charge is 0.320 e. The molecule has 1 N–H and O–H groups in total. The SMILES string of the molecule is Cl.O=C(O)[C@H]1CCCN1CC(=O)N1CCc2sccc2C1c1ccccc1. The van der Waals surface area contributed by atoms with E-state index in [1.807, 2.05) is 28.0 Å². The van der Waals surface area contributed by atoms with Gasteiger partial charge in [-0.3, -0.25) is 14.5 Å². The molecule has 0 radical (unpaired) electrons. The Labute approximate surface area is 169 Å². The van der Waals surface area contributed by atoms with Gasteiger partial charge in [0.25, 0.3) is 0 Å². The molecule has 27 heavy (non-hydrogen) atoms. The largest absolute Gasteiger partial charge is 0.480 e. The molecule has 1 fully saturated rings. The number of nitrogens with zero attached hydrogens (tertiary/aromatic N) is 2. The van der Waals surface area contributed by atoms with E-state index in [0.29, 0.717) is 19.5 Å². The Morgan fingerprint density at radius 2 is 1.93 bits per heavy atom. The molecule has 2 aromatic rings. The van der Waals surface area contributed by atoms with Gasteiger partial charge in [-0.05, 0) is 48.4 Å². The summed E-state index contributed by atoms with van der Waals surface area (Å²) in [5, 5.41) is 11.5. The minimum atomic E-state index is -0.825. The fourth-order valence-corrected chi connectivity index (χ4v) is 5.04. The van der Waals surface area contributed by atoms with E-state index >= 15 is 0 Å². The zero-order valence-electron chi connectivity index (χ0n) is 14.9. The summed E-state index contributed by atoms with van der Waals surface area (Å²) < 4.78 is 0. The molecule has 1 amide bonds. The third kappa shape index (κ3) is 3.88. The molecule has 2 atom stereocenters. The maximum Gasteiger partial charge on any atom is 0.320 e. The third-order valence-corrected chi connectivity index (χ3v) is 6.39. The highest BCUT2D eigenvalue weighted by molar-refractivity contribution is 7.10. The Balaban J connectivity index is 0.00000210. The number of carboxylic acid groups (broad SMARTS) is 1. The number of hydrogen-bond donors (Lipinski definition) is 1. The van der Waals surface area contributed by atoms with Crippen molar-refractivity contribution in [1.82, 2.24) is 9.80 Å². The number of benzene rings is 1. The van der Waals surface area contributed by atoms with E-state index in [1.165, 1.54) is 10.4 Å². The van der Waals surface area contributed by atoms with Crippen molar-refractivity contribution in [3.8, 4) is 0 Å². The van der Waals surface area contributed by atoms with Gasteiger partial charge in [-0.1, -0.05) is 30.3 Å². The van der Waals surface area contributed by atoms with Crippen molar-refractivity contribution >= 4 is 35.6 Å². The van der Waals surface area contributed by atoms with E-state index in [9.17, 15) is 14.7 Å². The zero-order chi connectivity index (χ0) is 18.1. The summed E-state index contributed by atoms with van der Waals surface area (Å²) in [6, 6.07) is 11.6. The summed E-state index contributed by atoms with van der Waals surface area (Å²) in [5.41, 5.74) is 2.31. The van der Waals surface area contributed by atoms with Crippen LogP contribution in [0.3, 0.4) is 0 Å². The van der Waals surface area contributed by atoms with E-state index in [4.69, 9.17) is 0 Å². The highest BCUT2D eigenvalue weighted by Crippen LogP contribution is 2.37. The summed E-state index contributed by atoms with van der Waals surface area (Å²) >= 11 is 1.75. The first kappa shape index (κ1) is 19.9. The second-order valence-corrected chi connectivity index (χ2v) is 7.92. The average molecular weight is 407 g/mol. The maximum atomic E-state index is 13.1. The lowest BCUT2D eigenvalue weighted by atomic mass is 9.93. The Morgan fingerprint density at radius 1 is 1.15 bits per heavy atom. The minimum absolute atomic E-state index is 0. The van der Waals surface area contributed by atoms with Crippen LogP contribution in [0.1, 0.15) is 34.9 Å². The molecule has 0 bridgehead atoms. The molecule has 5 nitrogen and oxygen atoms in total. The quantitative estimate of drug-likeness (QED) is 0.847. The molecule has 1 aromatic carbocycles. The molecule has 3 heterocycles. The van der Waals surface area contributed by atoms with Crippen LogP contribution in [0.15, 0.2) is 41.8 Å². The van der Waals surface area contributed by atoms with Crippen molar-refractivity contribution in [2.45, 2.75) is 31.3 Å². The third-order valence-electron chi connectivity index (χ3n) is 5.39. The highest BCUT2D eigenvalue weighted by Gasteiger charge is 2.36. The second-order valence-electron chi connectivity index (χ2n) is 6.92. The maximum absolute atomic E-state index is 13.1. The number of carbonyl (C=O) groups excluding carboxylic acids is 1. The van der Waals surface area contributed by atoms with E-state index < -0.39 is 12.0 Å². The fraction of sp³-hybridized carbons (Fsp3) is 0.400. The van der Waals surface area contributed by atoms with Crippen LogP contribution in [0.5, 0.6) is 0 Å². The molecule has 2 aliphatic rings. The van der Waals surface area contributed by atoms with Crippen LogP contribution in [-0.2, 0) is 16.0 Å². The van der Waals surface area contributed by atoms with Crippen molar-refractivity contribution in [3.63, 3.8) is 0 Å². The van der Waals surface area contributed by atoms with Crippen molar-refractivity contribution in [2.75, 3.05) is 19.6 Å². The number of carboxylic acids is 1. The zero-order valence-corrected chi connectivity index (χ0v) is 16.5. The van der Waals surface area contributed by atoms with Gasteiger partial charge in [0.1, 0.15) is 6.04 Å². The summed E-state index contributed by atoms with van der Waals surface area (Å²) in [4.78, 5) is 29.6. The molecule has 1 unspecified atom stereocenters. The van der Waals surface area contributed by atoms with Gasteiger partial charge in [0, 0.05) is 11.4 Å². The van der Waals surface area contributed by atoms with E-state index in [1.54, 1.807) is 11.3 Å². The molecule has 2 aliphatic heterocycles. The van der Waals surface area contributed by atoms with Crippen LogP contribution in [0.4, 0.5) is 0 Å². The number of aliphatic carboxylic acids is 1. The van der Waals surface area contributed by atoms with Crippen molar-refractivity contribution in [2.24, 2.45) is 0 Å². The number of thiophene rings is 1. The number of amides is 1. The van der Waals surface area contributed by atoms with Gasteiger partial charge in [-0.2, -0.15) is 0 Å². The molecule has 1 saturated heterocycles. The molecular formula is C20H23ClN2O3S. The van der Waals surface area contributed by atoms with Crippen LogP contribution in [-0.4, -0.2) is 52.5 Å². The molecular weight excluding hydrogens is 384 g/mol. The molecule has 7 heteroatoms. The first-order chi connectivity index (χ1) is 12.6. The monoisotopic (exact) mass is 406 g/mol. The van der Waals surface area contributed by atoms with Crippen molar-refractivity contribution in [3.05, 3.63) is 57.8 Å². The molecule has 1 aromatic heterocycles. The van der Waals surface area contributed by atoms with Crippen LogP contribution in [0.2, 0.25) is 0 Å². The van der Waals surface area contributed by atoms with Crippen LogP contribution in [0.25, 0.3) is 0 Å².